The number of hydrogen-bond donors (Lipinski definition) is 2. The summed E-state index contributed by atoms with van der Waals surface area (Å²) < 4.78 is 0. The second-order valence-electron chi connectivity index (χ2n) is 6.68. The quantitative estimate of drug-likeness (QED) is 0.327. The van der Waals surface area contributed by atoms with E-state index in [0.29, 0.717) is 0 Å². The minimum Gasteiger partial charge on any atom is -0.358 e. The van der Waals surface area contributed by atoms with Crippen LogP contribution in [-0.4, -0.2) is 10.7 Å². The number of aryl methyl sites for hydroxylation is 2. The zero-order chi connectivity index (χ0) is 18.5. The molecule has 4 rings (SSSR count). The average molecular weight is 353 g/mol. The molecule has 134 valence electrons. The Morgan fingerprint density at radius 3 is 2.30 bits per heavy atom. The Morgan fingerprint density at radius 1 is 0.852 bits per heavy atom. The predicted octanol–water partition coefficient (Wildman–Crippen LogP) is 5.93. The third kappa shape index (κ3) is 3.93. The van der Waals surface area contributed by atoms with E-state index in [-0.39, 0.29) is 0 Å². The van der Waals surface area contributed by atoms with Gasteiger partial charge in [0.05, 0.1) is 11.4 Å². The van der Waals surface area contributed by atoms with Crippen molar-refractivity contribution < 1.29 is 0 Å². The monoisotopic (exact) mass is 353 g/mol. The molecule has 0 amide bonds. The Kier molecular flexibility index (Phi) is 5.01. The molecule has 4 aromatic rings. The Labute approximate surface area is 159 Å². The molecule has 2 N–H and O–H groups in total. The van der Waals surface area contributed by atoms with Gasteiger partial charge >= 0.3 is 0 Å². The summed E-state index contributed by atoms with van der Waals surface area (Å²) in [5.41, 5.74) is 10.2. The third-order valence-corrected chi connectivity index (χ3v) is 4.84. The number of benzene rings is 3. The van der Waals surface area contributed by atoms with Crippen LogP contribution >= 0.6 is 0 Å². The fourth-order valence-electron chi connectivity index (χ4n) is 3.44. The lowest BCUT2D eigenvalue weighted by atomic mass is 10.00. The van der Waals surface area contributed by atoms with Crippen LogP contribution in [0.1, 0.15) is 23.2 Å². The van der Waals surface area contributed by atoms with Gasteiger partial charge in [-0.25, -0.2) is 0 Å². The van der Waals surface area contributed by atoms with Gasteiger partial charge in [-0.3, -0.25) is 5.43 Å². The van der Waals surface area contributed by atoms with Gasteiger partial charge in [-0.05, 0) is 49.1 Å². The fraction of sp³-hybridized carbons (Fsp3) is 0.125. The summed E-state index contributed by atoms with van der Waals surface area (Å²) in [6.45, 7) is 2.15. The first kappa shape index (κ1) is 17.1. The molecule has 0 aliphatic carbocycles. The number of para-hydroxylation sites is 2. The number of aromatic amines is 1. The van der Waals surface area contributed by atoms with Gasteiger partial charge in [0, 0.05) is 16.6 Å². The summed E-state index contributed by atoms with van der Waals surface area (Å²) in [6, 6.07) is 29.0. The molecule has 0 spiro atoms. The Hall–Kier alpha value is -3.33. The van der Waals surface area contributed by atoms with Gasteiger partial charge in [0.25, 0.3) is 0 Å². The second kappa shape index (κ2) is 7.92. The van der Waals surface area contributed by atoms with Gasteiger partial charge in [0.1, 0.15) is 0 Å². The van der Waals surface area contributed by atoms with Crippen molar-refractivity contribution in [2.24, 2.45) is 5.10 Å². The van der Waals surface area contributed by atoms with Gasteiger partial charge in [-0.15, -0.1) is 0 Å². The Morgan fingerprint density at radius 2 is 1.52 bits per heavy atom. The zero-order valence-electron chi connectivity index (χ0n) is 15.4. The van der Waals surface area contributed by atoms with Crippen molar-refractivity contribution in [2.45, 2.75) is 19.8 Å². The zero-order valence-corrected chi connectivity index (χ0v) is 15.4. The molecule has 0 fully saturated rings. The van der Waals surface area contributed by atoms with Crippen LogP contribution in [0.4, 0.5) is 5.69 Å². The Balaban J connectivity index is 1.60. The summed E-state index contributed by atoms with van der Waals surface area (Å²) in [4.78, 5) is 3.49. The van der Waals surface area contributed by atoms with Crippen molar-refractivity contribution in [3.63, 3.8) is 0 Å². The molecule has 0 saturated carbocycles. The first-order valence-electron chi connectivity index (χ1n) is 9.30. The SMILES string of the molecule is Cc1[nH]c2ccccc2c1CC/C(=N/Nc1ccccc1)c1ccccc1. The van der Waals surface area contributed by atoms with E-state index in [1.54, 1.807) is 0 Å². The van der Waals surface area contributed by atoms with Crippen LogP contribution in [0.25, 0.3) is 10.9 Å². The normalized spacial score (nSPS) is 11.7. The topological polar surface area (TPSA) is 40.2 Å². The molecule has 1 heterocycles. The lowest BCUT2D eigenvalue weighted by Crippen LogP contribution is -2.06. The van der Waals surface area contributed by atoms with E-state index < -0.39 is 0 Å². The molecular formula is C24H23N3. The molecule has 0 bridgehead atoms. The molecule has 1 aromatic heterocycles. The molecule has 3 nitrogen and oxygen atoms in total. The molecule has 0 aliphatic rings. The minimum absolute atomic E-state index is 0.868. The van der Waals surface area contributed by atoms with Gasteiger partial charge < -0.3 is 4.98 Å². The highest BCUT2D eigenvalue weighted by molar-refractivity contribution is 6.01. The fourth-order valence-corrected chi connectivity index (χ4v) is 3.44. The number of nitrogens with one attached hydrogen (secondary N) is 2. The van der Waals surface area contributed by atoms with Crippen LogP contribution < -0.4 is 5.43 Å². The van der Waals surface area contributed by atoms with E-state index in [4.69, 9.17) is 5.10 Å². The molecule has 3 heteroatoms. The van der Waals surface area contributed by atoms with Crippen molar-refractivity contribution in [1.82, 2.24) is 4.98 Å². The smallest absolute Gasteiger partial charge is 0.0682 e. The first-order valence-corrected chi connectivity index (χ1v) is 9.30. The molecule has 0 radical (unpaired) electrons. The maximum atomic E-state index is 4.73. The van der Waals surface area contributed by atoms with Crippen molar-refractivity contribution in [3.05, 3.63) is 102 Å². The standard InChI is InChI=1S/C24H23N3/c1-18-21(22-14-8-9-15-24(22)25-18)16-17-23(19-10-4-2-5-11-19)27-26-20-12-6-3-7-13-20/h2-15,25-26H,16-17H2,1H3/b27-23-. The van der Waals surface area contributed by atoms with E-state index in [2.05, 4.69) is 65.9 Å². The summed E-state index contributed by atoms with van der Waals surface area (Å²) in [7, 11) is 0. The number of anilines is 1. The van der Waals surface area contributed by atoms with Crippen molar-refractivity contribution >= 4 is 22.3 Å². The van der Waals surface area contributed by atoms with Crippen LogP contribution in [0.15, 0.2) is 90.0 Å². The number of aromatic nitrogens is 1. The number of hydrogen-bond acceptors (Lipinski definition) is 2. The van der Waals surface area contributed by atoms with Gasteiger partial charge in [0.2, 0.25) is 0 Å². The summed E-state index contributed by atoms with van der Waals surface area (Å²) in [6.07, 6.45) is 1.81. The molecule has 0 unspecified atom stereocenters. The first-order chi connectivity index (χ1) is 13.3. The largest absolute Gasteiger partial charge is 0.358 e. The highest BCUT2D eigenvalue weighted by Gasteiger charge is 2.11. The number of hydrazone groups is 1. The van der Waals surface area contributed by atoms with Crippen molar-refractivity contribution in [3.8, 4) is 0 Å². The highest BCUT2D eigenvalue weighted by Crippen LogP contribution is 2.24. The van der Waals surface area contributed by atoms with Crippen molar-refractivity contribution in [2.75, 3.05) is 5.43 Å². The third-order valence-electron chi connectivity index (χ3n) is 4.84. The number of rotatable bonds is 6. The number of nitrogens with zero attached hydrogens (tertiary/aromatic N) is 1. The summed E-state index contributed by atoms with van der Waals surface area (Å²) in [5.74, 6) is 0. The maximum absolute atomic E-state index is 4.73. The lowest BCUT2D eigenvalue weighted by molar-refractivity contribution is 1.02. The van der Waals surface area contributed by atoms with Crippen molar-refractivity contribution in [1.29, 1.82) is 0 Å². The van der Waals surface area contributed by atoms with Crippen LogP contribution in [0.5, 0.6) is 0 Å². The molecular weight excluding hydrogens is 330 g/mol. The van der Waals surface area contributed by atoms with E-state index in [0.717, 1.165) is 29.8 Å². The number of H-pyrrole nitrogens is 1. The second-order valence-corrected chi connectivity index (χ2v) is 6.68. The molecule has 27 heavy (non-hydrogen) atoms. The van der Waals surface area contributed by atoms with Gasteiger partial charge in [-0.1, -0.05) is 66.7 Å². The van der Waals surface area contributed by atoms with Crippen LogP contribution in [-0.2, 0) is 6.42 Å². The lowest BCUT2D eigenvalue weighted by Gasteiger charge is -2.09. The summed E-state index contributed by atoms with van der Waals surface area (Å²) >= 11 is 0. The molecule has 3 aromatic carbocycles. The Bertz CT molecular complexity index is 1050. The molecule has 0 atom stereocenters. The van der Waals surface area contributed by atoms with E-state index in [1.165, 1.54) is 22.2 Å². The average Bonchev–Trinajstić information content (AvgIpc) is 3.04. The van der Waals surface area contributed by atoms with Gasteiger partial charge in [-0.2, -0.15) is 5.10 Å². The number of fused-ring (bicyclic) bond motifs is 1. The van der Waals surface area contributed by atoms with Crippen LogP contribution in [0.3, 0.4) is 0 Å². The summed E-state index contributed by atoms with van der Waals surface area (Å²) in [5, 5.41) is 6.03. The van der Waals surface area contributed by atoms with E-state index in [9.17, 15) is 0 Å². The van der Waals surface area contributed by atoms with Crippen LogP contribution in [0.2, 0.25) is 0 Å². The van der Waals surface area contributed by atoms with E-state index in [1.807, 2.05) is 36.4 Å². The molecule has 0 saturated heterocycles. The highest BCUT2D eigenvalue weighted by atomic mass is 15.3. The van der Waals surface area contributed by atoms with Crippen LogP contribution in [0, 0.1) is 6.92 Å². The van der Waals surface area contributed by atoms with E-state index >= 15 is 0 Å². The molecule has 0 aliphatic heterocycles. The predicted molar refractivity (Wildman–Crippen MR) is 114 cm³/mol. The van der Waals surface area contributed by atoms with Gasteiger partial charge in [0.15, 0.2) is 0 Å². The minimum atomic E-state index is 0.868. The maximum Gasteiger partial charge on any atom is 0.0682 e.